The summed E-state index contributed by atoms with van der Waals surface area (Å²) in [5.41, 5.74) is -0.488. The van der Waals surface area contributed by atoms with Gasteiger partial charge in [-0.1, -0.05) is 0 Å². The first-order valence-corrected chi connectivity index (χ1v) is 8.06. The third-order valence-electron chi connectivity index (χ3n) is 3.64. The zero-order valence-corrected chi connectivity index (χ0v) is 14.3. The van der Waals surface area contributed by atoms with E-state index in [1.54, 1.807) is 12.0 Å². The zero-order valence-electron chi connectivity index (χ0n) is 14.3. The number of aliphatic hydroxyl groups is 1. The molecule has 0 aromatic carbocycles. The van der Waals surface area contributed by atoms with Crippen molar-refractivity contribution in [3.63, 3.8) is 0 Å². The first kappa shape index (κ1) is 19.2. The van der Waals surface area contributed by atoms with Crippen molar-refractivity contribution in [2.45, 2.75) is 51.7 Å². The maximum atomic E-state index is 12.1. The van der Waals surface area contributed by atoms with Gasteiger partial charge in [0.15, 0.2) is 0 Å². The van der Waals surface area contributed by atoms with E-state index >= 15 is 0 Å². The molecule has 0 saturated carbocycles. The van der Waals surface area contributed by atoms with Gasteiger partial charge in [-0.25, -0.2) is 4.79 Å². The number of amides is 1. The molecule has 1 heterocycles. The van der Waals surface area contributed by atoms with E-state index in [-0.39, 0.29) is 18.1 Å². The van der Waals surface area contributed by atoms with Gasteiger partial charge in [-0.15, -0.1) is 0 Å². The summed E-state index contributed by atoms with van der Waals surface area (Å²) in [5.74, 6) is 0.0901. The molecule has 0 aliphatic carbocycles. The Morgan fingerprint density at radius 1 is 1.27 bits per heavy atom. The van der Waals surface area contributed by atoms with Gasteiger partial charge in [-0.3, -0.25) is 0 Å². The van der Waals surface area contributed by atoms with Crippen LogP contribution in [-0.2, 0) is 14.2 Å². The van der Waals surface area contributed by atoms with Gasteiger partial charge >= 0.3 is 6.09 Å². The Bertz CT molecular complexity index is 329. The fraction of sp³-hybridized carbons (Fsp3) is 0.938. The van der Waals surface area contributed by atoms with Crippen molar-refractivity contribution in [1.29, 1.82) is 0 Å². The Morgan fingerprint density at radius 2 is 2.00 bits per heavy atom. The molecule has 0 aromatic rings. The quantitative estimate of drug-likeness (QED) is 0.728. The molecular weight excluding hydrogens is 286 g/mol. The Morgan fingerprint density at radius 3 is 2.64 bits per heavy atom. The van der Waals surface area contributed by atoms with Gasteiger partial charge in [-0.2, -0.15) is 0 Å². The third-order valence-corrected chi connectivity index (χ3v) is 3.64. The smallest absolute Gasteiger partial charge is 0.410 e. The molecule has 2 unspecified atom stereocenters. The average molecular weight is 317 g/mol. The lowest BCUT2D eigenvalue weighted by Crippen LogP contribution is -2.47. The highest BCUT2D eigenvalue weighted by Gasteiger charge is 2.32. The number of carbonyl (C=O) groups is 1. The first-order chi connectivity index (χ1) is 10.3. The largest absolute Gasteiger partial charge is 0.444 e. The monoisotopic (exact) mass is 317 g/mol. The van der Waals surface area contributed by atoms with Crippen molar-refractivity contribution in [1.82, 2.24) is 4.90 Å². The maximum Gasteiger partial charge on any atom is 0.410 e. The number of carbonyl (C=O) groups excluding carboxylic acids is 1. The second kappa shape index (κ2) is 9.33. The number of rotatable bonds is 7. The minimum atomic E-state index is -0.488. The summed E-state index contributed by atoms with van der Waals surface area (Å²) in [6, 6.07) is 0. The van der Waals surface area contributed by atoms with Crippen LogP contribution in [-0.4, -0.2) is 67.8 Å². The van der Waals surface area contributed by atoms with Crippen LogP contribution in [0.1, 0.15) is 40.0 Å². The van der Waals surface area contributed by atoms with Crippen molar-refractivity contribution in [3.8, 4) is 0 Å². The van der Waals surface area contributed by atoms with Gasteiger partial charge in [0.05, 0.1) is 19.3 Å². The molecule has 130 valence electrons. The predicted molar refractivity (Wildman–Crippen MR) is 83.8 cm³/mol. The number of aliphatic hydroxyl groups excluding tert-OH is 1. The highest BCUT2D eigenvalue weighted by atomic mass is 16.6. The Labute approximate surface area is 133 Å². The number of likely N-dealkylation sites (tertiary alicyclic amines) is 1. The van der Waals surface area contributed by atoms with E-state index in [1.807, 2.05) is 20.8 Å². The number of hydrogen-bond donors (Lipinski definition) is 1. The molecule has 1 fully saturated rings. The van der Waals surface area contributed by atoms with Gasteiger partial charge in [0.1, 0.15) is 5.60 Å². The number of nitrogens with zero attached hydrogens (tertiary/aromatic N) is 1. The van der Waals surface area contributed by atoms with Crippen LogP contribution in [0.15, 0.2) is 0 Å². The molecule has 1 N–H and O–H groups in total. The summed E-state index contributed by atoms with van der Waals surface area (Å²) in [5, 5.41) is 10.1. The highest BCUT2D eigenvalue weighted by molar-refractivity contribution is 5.68. The molecule has 1 amide bonds. The Balaban J connectivity index is 2.32. The van der Waals surface area contributed by atoms with Crippen LogP contribution in [0.25, 0.3) is 0 Å². The van der Waals surface area contributed by atoms with Crippen LogP contribution in [0.3, 0.4) is 0 Å². The fourth-order valence-electron chi connectivity index (χ4n) is 2.49. The fourth-order valence-corrected chi connectivity index (χ4v) is 2.49. The van der Waals surface area contributed by atoms with Crippen molar-refractivity contribution in [2.75, 3.05) is 40.0 Å². The normalized spacial score (nSPS) is 22.7. The van der Waals surface area contributed by atoms with Crippen LogP contribution in [0.4, 0.5) is 4.79 Å². The minimum absolute atomic E-state index is 0.0901. The molecular formula is C16H31NO5. The van der Waals surface area contributed by atoms with E-state index in [2.05, 4.69) is 0 Å². The van der Waals surface area contributed by atoms with Crippen molar-refractivity contribution >= 4 is 6.09 Å². The summed E-state index contributed by atoms with van der Waals surface area (Å²) in [7, 11) is 1.65. The van der Waals surface area contributed by atoms with Gasteiger partial charge < -0.3 is 24.2 Å². The van der Waals surface area contributed by atoms with Gasteiger partial charge in [0, 0.05) is 32.7 Å². The summed E-state index contributed by atoms with van der Waals surface area (Å²) in [6.45, 7) is 8.52. The van der Waals surface area contributed by atoms with E-state index < -0.39 is 5.60 Å². The molecule has 1 rings (SSSR count). The van der Waals surface area contributed by atoms with E-state index in [0.29, 0.717) is 39.3 Å². The summed E-state index contributed by atoms with van der Waals surface area (Å²) in [4.78, 5) is 13.8. The SMILES string of the molecule is COCCOCCCC1CN(C(=O)OC(C)(C)C)CCC1O. The first-order valence-electron chi connectivity index (χ1n) is 8.06. The molecule has 1 saturated heterocycles. The minimum Gasteiger partial charge on any atom is -0.444 e. The number of piperidine rings is 1. The van der Waals surface area contributed by atoms with E-state index in [0.717, 1.165) is 12.8 Å². The molecule has 1 aliphatic heterocycles. The molecule has 22 heavy (non-hydrogen) atoms. The number of ether oxygens (including phenoxy) is 3. The second-order valence-corrected chi connectivity index (χ2v) is 6.79. The Kier molecular flexibility index (Phi) is 8.14. The lowest BCUT2D eigenvalue weighted by molar-refractivity contribution is -0.0123. The molecule has 1 aliphatic rings. The molecule has 0 radical (unpaired) electrons. The van der Waals surface area contributed by atoms with Crippen LogP contribution in [0, 0.1) is 5.92 Å². The number of hydrogen-bond acceptors (Lipinski definition) is 5. The van der Waals surface area contributed by atoms with Crippen LogP contribution < -0.4 is 0 Å². The predicted octanol–water partition coefficient (Wildman–Crippen LogP) is 2.05. The lowest BCUT2D eigenvalue weighted by atomic mass is 9.91. The van der Waals surface area contributed by atoms with E-state index in [1.165, 1.54) is 0 Å². The second-order valence-electron chi connectivity index (χ2n) is 6.79. The van der Waals surface area contributed by atoms with Crippen LogP contribution in [0.2, 0.25) is 0 Å². The zero-order chi connectivity index (χ0) is 16.6. The summed E-state index contributed by atoms with van der Waals surface area (Å²) < 4.78 is 15.7. The maximum absolute atomic E-state index is 12.1. The molecule has 6 nitrogen and oxygen atoms in total. The number of methoxy groups -OCH3 is 1. The summed E-state index contributed by atoms with van der Waals surface area (Å²) in [6.07, 6.45) is 1.67. The topological polar surface area (TPSA) is 68.2 Å². The highest BCUT2D eigenvalue weighted by Crippen LogP contribution is 2.23. The molecule has 0 bridgehead atoms. The van der Waals surface area contributed by atoms with Crippen molar-refractivity contribution in [3.05, 3.63) is 0 Å². The van der Waals surface area contributed by atoms with E-state index in [4.69, 9.17) is 14.2 Å². The average Bonchev–Trinajstić information content (AvgIpc) is 2.42. The summed E-state index contributed by atoms with van der Waals surface area (Å²) >= 11 is 0. The lowest BCUT2D eigenvalue weighted by Gasteiger charge is -2.37. The van der Waals surface area contributed by atoms with E-state index in [9.17, 15) is 9.90 Å². The van der Waals surface area contributed by atoms with Crippen LogP contribution >= 0.6 is 0 Å². The van der Waals surface area contributed by atoms with Crippen molar-refractivity contribution in [2.24, 2.45) is 5.92 Å². The molecule has 2 atom stereocenters. The molecule has 0 spiro atoms. The molecule has 6 heteroatoms. The van der Waals surface area contributed by atoms with Crippen molar-refractivity contribution < 1.29 is 24.1 Å². The Hall–Kier alpha value is -0.850. The van der Waals surface area contributed by atoms with Gasteiger partial charge in [0.2, 0.25) is 0 Å². The molecule has 0 aromatic heterocycles. The standard InChI is InChI=1S/C16H31NO5/c1-16(2,3)22-15(19)17-8-7-14(18)13(12-17)6-5-9-21-11-10-20-4/h13-14,18H,5-12H2,1-4H3. The van der Waals surface area contributed by atoms with Gasteiger partial charge in [0.25, 0.3) is 0 Å². The third kappa shape index (κ3) is 7.42. The van der Waals surface area contributed by atoms with Crippen LogP contribution in [0.5, 0.6) is 0 Å². The van der Waals surface area contributed by atoms with Gasteiger partial charge in [-0.05, 0) is 40.0 Å².